The Bertz CT molecular complexity index is 1340. The van der Waals surface area contributed by atoms with Crippen LogP contribution in [0.3, 0.4) is 0 Å². The van der Waals surface area contributed by atoms with Gasteiger partial charge in [0, 0.05) is 24.2 Å². The maximum atomic E-state index is 15.4. The molecule has 10 nitrogen and oxygen atoms in total. The molecule has 0 radical (unpaired) electrons. The summed E-state index contributed by atoms with van der Waals surface area (Å²) in [7, 11) is 1.42. The number of Topliss-reactive ketones (excluding diaryl/α,β-unsaturated/α-hetero) is 1. The molecule has 0 atom stereocenters. The number of amides is 1. The lowest BCUT2D eigenvalue weighted by Gasteiger charge is -2.25. The number of hydrogen-bond donors (Lipinski definition) is 3. The van der Waals surface area contributed by atoms with E-state index in [0.717, 1.165) is 0 Å². The zero-order chi connectivity index (χ0) is 29.8. The van der Waals surface area contributed by atoms with Crippen LogP contribution in [0, 0.1) is 11.2 Å². The molecule has 1 aliphatic heterocycles. The van der Waals surface area contributed by atoms with Crippen molar-refractivity contribution in [3.05, 3.63) is 51.8 Å². The van der Waals surface area contributed by atoms with Gasteiger partial charge in [-0.1, -0.05) is 20.8 Å². The number of methoxy groups -OCH3 is 1. The van der Waals surface area contributed by atoms with Crippen LogP contribution in [0.15, 0.2) is 18.2 Å². The van der Waals surface area contributed by atoms with E-state index in [4.69, 9.17) is 24.7 Å². The average molecular weight is 639 g/mol. The van der Waals surface area contributed by atoms with Gasteiger partial charge >= 0.3 is 5.97 Å². The van der Waals surface area contributed by atoms with Gasteiger partial charge in [0.2, 0.25) is 0 Å². The Morgan fingerprint density at radius 1 is 1.10 bits per heavy atom. The van der Waals surface area contributed by atoms with E-state index in [0.29, 0.717) is 17.7 Å². The summed E-state index contributed by atoms with van der Waals surface area (Å²) in [6.45, 7) is 9.53. The standard InChI is InChI=1S/C29H36FN3O7.BrH/c1-7-39-21-13-17-14-33(27(31)23(17)24(30)26(21)40-8-2)15-20(34)16-11-18(28(37)32-10-9-22(35)36)25(38-6)19(12-16)29(3,4)5;/h11-13,31H,7-10,14-15H2,1-6H3,(H,32,37)(H,35,36);1H. The Hall–Kier alpha value is -3.67. The number of halogens is 2. The van der Waals surface area contributed by atoms with E-state index in [-0.39, 0.29) is 95.2 Å². The molecule has 2 aromatic carbocycles. The third-order valence-electron chi connectivity index (χ3n) is 6.40. The normalized spacial score (nSPS) is 12.4. The van der Waals surface area contributed by atoms with Gasteiger partial charge in [-0.05, 0) is 43.0 Å². The summed E-state index contributed by atoms with van der Waals surface area (Å²) in [4.78, 5) is 38.9. The van der Waals surface area contributed by atoms with E-state index >= 15 is 4.39 Å². The fourth-order valence-electron chi connectivity index (χ4n) is 4.54. The van der Waals surface area contributed by atoms with Crippen molar-refractivity contribution < 1.29 is 38.1 Å². The van der Waals surface area contributed by atoms with Crippen LogP contribution < -0.4 is 19.5 Å². The number of carbonyl (C=O) groups excluding carboxylic acids is 2. The summed E-state index contributed by atoms with van der Waals surface area (Å²) < 4.78 is 32.0. The van der Waals surface area contributed by atoms with Gasteiger partial charge in [-0.2, -0.15) is 0 Å². The molecule has 2 aromatic rings. The van der Waals surface area contributed by atoms with Crippen LogP contribution >= 0.6 is 17.0 Å². The highest BCUT2D eigenvalue weighted by atomic mass is 79.9. The minimum absolute atomic E-state index is 0. The fraction of sp³-hybridized carbons (Fsp3) is 0.448. The second-order valence-electron chi connectivity index (χ2n) is 10.3. The molecule has 3 N–H and O–H groups in total. The van der Waals surface area contributed by atoms with Gasteiger partial charge < -0.3 is 29.5 Å². The van der Waals surface area contributed by atoms with Crippen molar-refractivity contribution in [1.82, 2.24) is 10.2 Å². The van der Waals surface area contributed by atoms with Crippen LogP contribution in [-0.4, -0.2) is 66.9 Å². The predicted octanol–water partition coefficient (Wildman–Crippen LogP) is 4.74. The van der Waals surface area contributed by atoms with Gasteiger partial charge in [-0.15, -0.1) is 17.0 Å². The first kappa shape index (κ1) is 33.5. The molecule has 0 bridgehead atoms. The SMILES string of the molecule is Br.CCOc1cc2c(c(F)c1OCC)C(=N)N(CC(=O)c1cc(C(=O)NCCC(=O)O)c(OC)c(C(C)(C)C)c1)C2. The molecule has 1 heterocycles. The van der Waals surface area contributed by atoms with Crippen molar-refractivity contribution >= 4 is 40.5 Å². The number of carboxylic acids is 1. The fourth-order valence-corrected chi connectivity index (χ4v) is 4.54. The van der Waals surface area contributed by atoms with Crippen molar-refractivity contribution in [2.45, 2.75) is 53.0 Å². The Kier molecular flexibility index (Phi) is 11.3. The molecule has 1 amide bonds. The number of carboxylic acid groups (broad SMARTS) is 1. The molecular formula is C29H37BrFN3O7. The zero-order valence-electron chi connectivity index (χ0n) is 24.1. The van der Waals surface area contributed by atoms with Crippen LogP contribution in [0.4, 0.5) is 4.39 Å². The molecule has 41 heavy (non-hydrogen) atoms. The molecule has 1 aliphatic rings. The van der Waals surface area contributed by atoms with Gasteiger partial charge in [0.05, 0.1) is 44.4 Å². The smallest absolute Gasteiger partial charge is 0.305 e. The quantitative estimate of drug-likeness (QED) is 0.284. The van der Waals surface area contributed by atoms with Crippen LogP contribution in [0.1, 0.15) is 78.4 Å². The Balaban J connectivity index is 0.00000588. The number of amidine groups is 1. The molecule has 0 aliphatic carbocycles. The van der Waals surface area contributed by atoms with E-state index in [9.17, 15) is 14.4 Å². The van der Waals surface area contributed by atoms with E-state index in [1.807, 2.05) is 20.8 Å². The van der Waals surface area contributed by atoms with Gasteiger partial charge in [-0.3, -0.25) is 19.8 Å². The van der Waals surface area contributed by atoms with Gasteiger partial charge in [0.15, 0.2) is 23.1 Å². The molecule has 0 saturated carbocycles. The average Bonchev–Trinajstić information content (AvgIpc) is 3.19. The van der Waals surface area contributed by atoms with E-state index in [2.05, 4.69) is 5.32 Å². The van der Waals surface area contributed by atoms with Gasteiger partial charge in [0.1, 0.15) is 11.6 Å². The second-order valence-corrected chi connectivity index (χ2v) is 10.3. The minimum atomic E-state index is -1.06. The molecule has 224 valence electrons. The van der Waals surface area contributed by atoms with Crippen molar-refractivity contribution in [2.24, 2.45) is 0 Å². The van der Waals surface area contributed by atoms with Gasteiger partial charge in [-0.25, -0.2) is 4.39 Å². The number of ether oxygens (including phenoxy) is 3. The molecule has 3 rings (SSSR count). The molecule has 0 saturated heterocycles. The summed E-state index contributed by atoms with van der Waals surface area (Å²) in [6, 6.07) is 4.69. The first-order valence-corrected chi connectivity index (χ1v) is 13.0. The summed E-state index contributed by atoms with van der Waals surface area (Å²) in [5.74, 6) is -2.42. The largest absolute Gasteiger partial charge is 0.496 e. The lowest BCUT2D eigenvalue weighted by atomic mass is 9.83. The van der Waals surface area contributed by atoms with Crippen molar-refractivity contribution in [1.29, 1.82) is 5.41 Å². The maximum absolute atomic E-state index is 15.4. The minimum Gasteiger partial charge on any atom is -0.496 e. The first-order chi connectivity index (χ1) is 18.8. The molecule has 0 unspecified atom stereocenters. The number of aliphatic carboxylic acids is 1. The Labute approximate surface area is 249 Å². The molecule has 0 spiro atoms. The van der Waals surface area contributed by atoms with Crippen LogP contribution in [0.2, 0.25) is 0 Å². The van der Waals surface area contributed by atoms with Crippen molar-refractivity contribution in [3.8, 4) is 17.2 Å². The van der Waals surface area contributed by atoms with E-state index < -0.39 is 23.1 Å². The first-order valence-electron chi connectivity index (χ1n) is 13.0. The third-order valence-corrected chi connectivity index (χ3v) is 6.40. The molecule has 12 heteroatoms. The summed E-state index contributed by atoms with van der Waals surface area (Å²) in [5.41, 5.74) is 0.968. The Morgan fingerprint density at radius 2 is 1.76 bits per heavy atom. The zero-order valence-corrected chi connectivity index (χ0v) is 25.8. The lowest BCUT2D eigenvalue weighted by molar-refractivity contribution is -0.136. The third kappa shape index (κ3) is 7.35. The number of nitrogens with zero attached hydrogens (tertiary/aromatic N) is 1. The van der Waals surface area contributed by atoms with Crippen LogP contribution in [0.5, 0.6) is 17.2 Å². The number of benzene rings is 2. The van der Waals surface area contributed by atoms with Crippen LogP contribution in [0.25, 0.3) is 0 Å². The predicted molar refractivity (Wildman–Crippen MR) is 157 cm³/mol. The highest BCUT2D eigenvalue weighted by Gasteiger charge is 2.34. The highest BCUT2D eigenvalue weighted by Crippen LogP contribution is 2.39. The summed E-state index contributed by atoms with van der Waals surface area (Å²) in [5, 5.41) is 20.1. The number of rotatable bonds is 12. The van der Waals surface area contributed by atoms with Crippen LogP contribution in [-0.2, 0) is 16.8 Å². The summed E-state index contributed by atoms with van der Waals surface area (Å²) >= 11 is 0. The number of hydrogen-bond acceptors (Lipinski definition) is 7. The van der Waals surface area contributed by atoms with E-state index in [1.165, 1.54) is 18.1 Å². The number of fused-ring (bicyclic) bond motifs is 1. The molecule has 0 fully saturated rings. The maximum Gasteiger partial charge on any atom is 0.305 e. The van der Waals surface area contributed by atoms with Crippen molar-refractivity contribution in [2.75, 3.05) is 33.4 Å². The lowest BCUT2D eigenvalue weighted by Crippen LogP contribution is -2.31. The highest BCUT2D eigenvalue weighted by molar-refractivity contribution is 8.93. The number of ketones is 1. The number of carbonyl (C=O) groups is 3. The molecule has 0 aromatic heterocycles. The topological polar surface area (TPSA) is 138 Å². The van der Waals surface area contributed by atoms with Gasteiger partial charge in [0.25, 0.3) is 5.91 Å². The Morgan fingerprint density at radius 3 is 2.32 bits per heavy atom. The second kappa shape index (κ2) is 13.8. The molecular weight excluding hydrogens is 601 g/mol. The van der Waals surface area contributed by atoms with Crippen molar-refractivity contribution in [3.63, 3.8) is 0 Å². The van der Waals surface area contributed by atoms with E-state index in [1.54, 1.807) is 26.0 Å². The number of nitrogens with one attached hydrogen (secondary N) is 2. The monoisotopic (exact) mass is 637 g/mol. The summed E-state index contributed by atoms with van der Waals surface area (Å²) in [6.07, 6.45) is -0.261.